The van der Waals surface area contributed by atoms with Crippen molar-refractivity contribution in [2.24, 2.45) is 0 Å². The fourth-order valence-corrected chi connectivity index (χ4v) is 3.25. The number of hydrogen-bond donors (Lipinski definition) is 0. The minimum atomic E-state index is -5.85. The Kier molecular flexibility index (Phi) is 7.54. The standard InChI is InChI=1S/C18H4F12O3S/c19-7-5(8(20)13(25)16(28)12(7)24)2-1-4(31)3-34(32,33)18(30)11(23)6-9(21)14(26)17(29)15(27)10(6)22/h1-2H,3H2/b2-1-,18-11+. The van der Waals surface area contributed by atoms with Crippen LogP contribution in [0.2, 0.25) is 0 Å². The number of sulfone groups is 1. The molecular formula is C18H4F12O3S. The van der Waals surface area contributed by atoms with Crippen LogP contribution in [0.1, 0.15) is 11.1 Å². The molecule has 0 aliphatic heterocycles. The fraction of sp³-hybridized carbons (Fsp3) is 0.0556. The molecule has 0 saturated heterocycles. The molecule has 0 N–H and O–H groups in total. The van der Waals surface area contributed by atoms with E-state index in [0.29, 0.717) is 0 Å². The van der Waals surface area contributed by atoms with Gasteiger partial charge in [0.1, 0.15) is 5.75 Å². The van der Waals surface area contributed by atoms with Crippen LogP contribution in [0.4, 0.5) is 52.7 Å². The normalized spacial score (nSPS) is 12.9. The Labute approximate surface area is 180 Å². The molecule has 3 nitrogen and oxygen atoms in total. The Morgan fingerprint density at radius 2 is 0.971 bits per heavy atom. The van der Waals surface area contributed by atoms with E-state index in [0.717, 1.165) is 0 Å². The minimum absolute atomic E-state index is 0.101. The first-order chi connectivity index (χ1) is 15.5. The summed E-state index contributed by atoms with van der Waals surface area (Å²) in [6.45, 7) is 0. The molecular weight excluding hydrogens is 524 g/mol. The number of ketones is 1. The maximum absolute atomic E-state index is 14.0. The van der Waals surface area contributed by atoms with Crippen LogP contribution < -0.4 is 0 Å². The van der Waals surface area contributed by atoms with Crippen molar-refractivity contribution in [3.8, 4) is 0 Å². The maximum Gasteiger partial charge on any atom is 0.251 e. The van der Waals surface area contributed by atoms with E-state index in [9.17, 15) is 65.9 Å². The van der Waals surface area contributed by atoms with E-state index in [-0.39, 0.29) is 12.2 Å². The van der Waals surface area contributed by atoms with Crippen LogP contribution in [-0.4, -0.2) is 20.0 Å². The second-order valence-electron chi connectivity index (χ2n) is 6.07. The molecule has 0 aromatic heterocycles. The van der Waals surface area contributed by atoms with Crippen molar-refractivity contribution in [2.75, 3.05) is 5.75 Å². The quantitative estimate of drug-likeness (QED) is 0.220. The number of benzene rings is 2. The van der Waals surface area contributed by atoms with Crippen molar-refractivity contribution < 1.29 is 65.9 Å². The van der Waals surface area contributed by atoms with Gasteiger partial charge in [-0.1, -0.05) is 0 Å². The lowest BCUT2D eigenvalue weighted by Crippen LogP contribution is -2.16. The first-order valence-corrected chi connectivity index (χ1v) is 9.71. The Morgan fingerprint density at radius 1 is 0.618 bits per heavy atom. The van der Waals surface area contributed by atoms with Crippen LogP contribution in [0.15, 0.2) is 11.2 Å². The Morgan fingerprint density at radius 3 is 1.38 bits per heavy atom. The minimum Gasteiger partial charge on any atom is -0.294 e. The summed E-state index contributed by atoms with van der Waals surface area (Å²) in [5.41, 5.74) is -4.33. The second kappa shape index (κ2) is 9.52. The van der Waals surface area contributed by atoms with E-state index in [1.54, 1.807) is 0 Å². The Bertz CT molecular complexity index is 1320. The van der Waals surface area contributed by atoms with Crippen molar-refractivity contribution in [1.29, 1.82) is 0 Å². The molecule has 0 aliphatic carbocycles. The van der Waals surface area contributed by atoms with Crippen LogP contribution in [0, 0.1) is 58.2 Å². The van der Waals surface area contributed by atoms with Gasteiger partial charge < -0.3 is 0 Å². The van der Waals surface area contributed by atoms with E-state index in [1.165, 1.54) is 0 Å². The lowest BCUT2D eigenvalue weighted by Gasteiger charge is -2.08. The number of carbonyl (C=O) groups excluding carboxylic acids is 1. The van der Waals surface area contributed by atoms with Crippen LogP contribution in [0.3, 0.4) is 0 Å². The molecule has 34 heavy (non-hydrogen) atoms. The zero-order valence-corrected chi connectivity index (χ0v) is 16.3. The molecule has 0 saturated carbocycles. The highest BCUT2D eigenvalue weighted by molar-refractivity contribution is 7.95. The third-order valence-electron chi connectivity index (χ3n) is 3.89. The largest absolute Gasteiger partial charge is 0.294 e. The number of carbonyl (C=O) groups is 1. The van der Waals surface area contributed by atoms with E-state index in [1.807, 2.05) is 0 Å². The van der Waals surface area contributed by atoms with Gasteiger partial charge in [0.05, 0.1) is 11.1 Å². The smallest absolute Gasteiger partial charge is 0.251 e. The summed E-state index contributed by atoms with van der Waals surface area (Å²) < 4.78 is 184. The molecule has 0 amide bonds. The van der Waals surface area contributed by atoms with Gasteiger partial charge in [-0.15, -0.1) is 0 Å². The first kappa shape index (κ1) is 26.9. The van der Waals surface area contributed by atoms with Crippen LogP contribution in [0.5, 0.6) is 0 Å². The highest BCUT2D eigenvalue weighted by Gasteiger charge is 2.34. The zero-order chi connectivity index (χ0) is 26.3. The van der Waals surface area contributed by atoms with Gasteiger partial charge >= 0.3 is 0 Å². The second-order valence-corrected chi connectivity index (χ2v) is 7.95. The van der Waals surface area contributed by atoms with Gasteiger partial charge in [-0.2, -0.15) is 4.39 Å². The maximum atomic E-state index is 14.0. The summed E-state index contributed by atoms with van der Waals surface area (Å²) >= 11 is 0. The molecule has 2 aromatic rings. The van der Waals surface area contributed by atoms with Gasteiger partial charge in [-0.25, -0.2) is 56.7 Å². The summed E-state index contributed by atoms with van der Waals surface area (Å²) in [6.07, 6.45) is -0.227. The predicted octanol–water partition coefficient (Wildman–Crippen LogP) is 5.34. The Balaban J connectivity index is 2.45. The topological polar surface area (TPSA) is 51.2 Å². The SMILES string of the molecule is O=C(/C=C\c1c(F)c(F)c(F)c(F)c1F)CS(=O)(=O)/C(F)=C(/F)c1c(F)c(F)c(F)c(F)c1F. The molecule has 0 atom stereocenters. The fourth-order valence-electron chi connectivity index (χ4n) is 2.28. The molecule has 0 bridgehead atoms. The number of halogens is 12. The molecule has 0 spiro atoms. The van der Waals surface area contributed by atoms with E-state index in [2.05, 4.69) is 0 Å². The van der Waals surface area contributed by atoms with Crippen molar-refractivity contribution in [3.05, 3.63) is 80.5 Å². The average Bonchev–Trinajstić information content (AvgIpc) is 2.77. The van der Waals surface area contributed by atoms with Crippen molar-refractivity contribution in [2.45, 2.75) is 0 Å². The summed E-state index contributed by atoms with van der Waals surface area (Å²) in [5, 5.41) is -3.16. The Hall–Kier alpha value is -3.30. The monoisotopic (exact) mass is 528 g/mol. The zero-order valence-electron chi connectivity index (χ0n) is 15.5. The molecule has 0 aliphatic rings. The molecule has 0 unspecified atom stereocenters. The van der Waals surface area contributed by atoms with Crippen molar-refractivity contribution >= 4 is 27.5 Å². The molecule has 0 fully saturated rings. The molecule has 16 heteroatoms. The molecule has 2 rings (SSSR count). The van der Waals surface area contributed by atoms with E-state index >= 15 is 0 Å². The van der Waals surface area contributed by atoms with Crippen LogP contribution >= 0.6 is 0 Å². The van der Waals surface area contributed by atoms with E-state index < -0.39 is 102 Å². The summed E-state index contributed by atoms with van der Waals surface area (Å²) in [5.74, 6) is -33.6. The van der Waals surface area contributed by atoms with Crippen molar-refractivity contribution in [1.82, 2.24) is 0 Å². The molecule has 184 valence electrons. The predicted molar refractivity (Wildman–Crippen MR) is 89.4 cm³/mol. The highest BCUT2D eigenvalue weighted by Crippen LogP contribution is 2.33. The summed E-state index contributed by atoms with van der Waals surface area (Å²) in [6, 6.07) is 0. The number of allylic oxidation sites excluding steroid dienone is 1. The summed E-state index contributed by atoms with van der Waals surface area (Å²) in [7, 11) is -5.85. The van der Waals surface area contributed by atoms with Gasteiger partial charge in [0.25, 0.3) is 5.16 Å². The third kappa shape index (κ3) is 4.67. The summed E-state index contributed by atoms with van der Waals surface area (Å²) in [4.78, 5) is 11.6. The van der Waals surface area contributed by atoms with E-state index in [4.69, 9.17) is 0 Å². The van der Waals surface area contributed by atoms with Gasteiger partial charge in [-0.3, -0.25) is 4.79 Å². The molecule has 2 aromatic carbocycles. The van der Waals surface area contributed by atoms with Gasteiger partial charge in [0.2, 0.25) is 21.5 Å². The van der Waals surface area contributed by atoms with Gasteiger partial charge in [0.15, 0.2) is 58.1 Å². The highest BCUT2D eigenvalue weighted by atomic mass is 32.2. The van der Waals surface area contributed by atoms with Crippen LogP contribution in [0.25, 0.3) is 11.9 Å². The van der Waals surface area contributed by atoms with Gasteiger partial charge in [-0.05, 0) is 12.2 Å². The lowest BCUT2D eigenvalue weighted by molar-refractivity contribution is -0.112. The number of hydrogen-bond acceptors (Lipinski definition) is 3. The van der Waals surface area contributed by atoms with Crippen molar-refractivity contribution in [3.63, 3.8) is 0 Å². The third-order valence-corrected chi connectivity index (χ3v) is 5.28. The van der Waals surface area contributed by atoms with Crippen LogP contribution in [-0.2, 0) is 14.6 Å². The molecule has 0 radical (unpaired) electrons. The van der Waals surface area contributed by atoms with Gasteiger partial charge in [0, 0.05) is 0 Å². The number of rotatable bonds is 6. The average molecular weight is 528 g/mol. The molecule has 0 heterocycles. The lowest BCUT2D eigenvalue weighted by atomic mass is 10.1. The first-order valence-electron chi connectivity index (χ1n) is 8.06.